The maximum Gasteiger partial charge on any atom is 0.0584 e. The number of nitrogens with one attached hydrogen (secondary N) is 1. The molecule has 0 spiro atoms. The summed E-state index contributed by atoms with van der Waals surface area (Å²) in [6.45, 7) is 0. The molecule has 0 aliphatic rings. The van der Waals surface area contributed by atoms with Crippen LogP contribution < -0.4 is 11.3 Å². The van der Waals surface area contributed by atoms with Crippen LogP contribution in [0.15, 0.2) is 46.0 Å². The molecule has 0 bridgehead atoms. The van der Waals surface area contributed by atoms with E-state index in [4.69, 9.17) is 5.84 Å². The first kappa shape index (κ1) is 13.6. The van der Waals surface area contributed by atoms with E-state index in [-0.39, 0.29) is 6.04 Å². The van der Waals surface area contributed by atoms with E-state index in [0.717, 1.165) is 15.8 Å². The van der Waals surface area contributed by atoms with Gasteiger partial charge in [-0.2, -0.15) is 5.10 Å². The number of aromatic nitrogens is 2. The first-order chi connectivity index (χ1) is 8.70. The summed E-state index contributed by atoms with van der Waals surface area (Å²) in [5.74, 6) is 6.46. The van der Waals surface area contributed by atoms with Crippen molar-refractivity contribution in [1.82, 2.24) is 15.2 Å². The molecule has 0 saturated heterocycles. The highest BCUT2D eigenvalue weighted by Crippen LogP contribution is 2.30. The summed E-state index contributed by atoms with van der Waals surface area (Å²) in [4.78, 5) is 1.21. The molecule has 4 nitrogen and oxygen atoms in total. The second kappa shape index (κ2) is 6.38. The number of nitrogens with zero attached hydrogens (tertiary/aromatic N) is 2. The fourth-order valence-corrected chi connectivity index (χ4v) is 3.24. The van der Waals surface area contributed by atoms with Crippen LogP contribution in [0.25, 0.3) is 0 Å². The minimum atomic E-state index is 0.0933. The number of thioether (sulfide) groups is 1. The van der Waals surface area contributed by atoms with Crippen molar-refractivity contribution in [3.8, 4) is 0 Å². The van der Waals surface area contributed by atoms with Gasteiger partial charge in [-0.1, -0.05) is 12.1 Å². The van der Waals surface area contributed by atoms with Crippen molar-refractivity contribution >= 4 is 27.7 Å². The molecule has 18 heavy (non-hydrogen) atoms. The van der Waals surface area contributed by atoms with Gasteiger partial charge in [0.25, 0.3) is 0 Å². The van der Waals surface area contributed by atoms with Crippen molar-refractivity contribution in [3.05, 3.63) is 46.7 Å². The van der Waals surface area contributed by atoms with Crippen molar-refractivity contribution in [2.45, 2.75) is 10.9 Å². The van der Waals surface area contributed by atoms with Crippen molar-refractivity contribution < 1.29 is 0 Å². The normalized spacial score (nSPS) is 12.6. The van der Waals surface area contributed by atoms with Gasteiger partial charge in [0.05, 0.1) is 12.2 Å². The van der Waals surface area contributed by atoms with Crippen LogP contribution in [0.4, 0.5) is 0 Å². The molecule has 6 heteroatoms. The van der Waals surface area contributed by atoms with Crippen LogP contribution in [0.5, 0.6) is 0 Å². The summed E-state index contributed by atoms with van der Waals surface area (Å²) in [6.07, 6.45) is 3.82. The lowest BCUT2D eigenvalue weighted by Crippen LogP contribution is -2.29. The average Bonchev–Trinajstić information content (AvgIpc) is 2.79. The van der Waals surface area contributed by atoms with Crippen molar-refractivity contribution in [2.24, 2.45) is 12.9 Å². The summed E-state index contributed by atoms with van der Waals surface area (Å²) < 4.78 is 2.89. The molecule has 1 unspecified atom stereocenters. The monoisotopic (exact) mass is 326 g/mol. The number of halogens is 1. The van der Waals surface area contributed by atoms with Gasteiger partial charge in [0, 0.05) is 33.9 Å². The molecule has 0 amide bonds. The molecule has 0 aliphatic heterocycles. The predicted octanol–water partition coefficient (Wildman–Crippen LogP) is 2.48. The lowest BCUT2D eigenvalue weighted by molar-refractivity contribution is 0.610. The largest absolute Gasteiger partial charge is 0.275 e. The topological polar surface area (TPSA) is 55.9 Å². The Balaban J connectivity index is 2.02. The molecule has 1 heterocycles. The molecular formula is C12H15BrN4S. The van der Waals surface area contributed by atoms with Crippen LogP contribution in [-0.2, 0) is 7.05 Å². The number of hydrogen-bond acceptors (Lipinski definition) is 4. The van der Waals surface area contributed by atoms with Crippen LogP contribution in [0.1, 0.15) is 11.6 Å². The molecule has 2 rings (SSSR count). The Bertz CT molecular complexity index is 514. The van der Waals surface area contributed by atoms with Crippen LogP contribution in [0, 0.1) is 0 Å². The van der Waals surface area contributed by atoms with Gasteiger partial charge in [-0.25, -0.2) is 0 Å². The zero-order valence-electron chi connectivity index (χ0n) is 10.0. The van der Waals surface area contributed by atoms with Crippen molar-refractivity contribution in [3.63, 3.8) is 0 Å². The maximum atomic E-state index is 5.60. The van der Waals surface area contributed by atoms with Crippen LogP contribution in [0.3, 0.4) is 0 Å². The van der Waals surface area contributed by atoms with Crippen molar-refractivity contribution in [1.29, 1.82) is 0 Å². The second-order valence-corrected chi connectivity index (χ2v) is 5.82. The van der Waals surface area contributed by atoms with E-state index in [1.54, 1.807) is 16.4 Å². The Hall–Kier alpha value is -0.820. The lowest BCUT2D eigenvalue weighted by atomic mass is 10.2. The molecule has 0 saturated carbocycles. The number of hydrazine groups is 1. The smallest absolute Gasteiger partial charge is 0.0584 e. The van der Waals surface area contributed by atoms with E-state index in [1.165, 1.54) is 4.90 Å². The molecule has 0 radical (unpaired) electrons. The zero-order chi connectivity index (χ0) is 13.0. The minimum Gasteiger partial charge on any atom is -0.275 e. The third kappa shape index (κ3) is 3.35. The van der Waals surface area contributed by atoms with Gasteiger partial charge in [-0.05, 0) is 28.1 Å². The van der Waals surface area contributed by atoms with Gasteiger partial charge in [0.1, 0.15) is 0 Å². The summed E-state index contributed by atoms with van der Waals surface area (Å²) in [6, 6.07) is 8.26. The van der Waals surface area contributed by atoms with Gasteiger partial charge in [0.2, 0.25) is 0 Å². The lowest BCUT2D eigenvalue weighted by Gasteiger charge is -2.14. The van der Waals surface area contributed by atoms with Gasteiger partial charge in [-0.15, -0.1) is 11.8 Å². The van der Waals surface area contributed by atoms with Crippen LogP contribution in [-0.4, -0.2) is 15.5 Å². The van der Waals surface area contributed by atoms with Crippen molar-refractivity contribution in [2.75, 3.05) is 5.75 Å². The van der Waals surface area contributed by atoms with E-state index in [9.17, 15) is 0 Å². The minimum absolute atomic E-state index is 0.0933. The molecule has 0 aliphatic carbocycles. The summed E-state index contributed by atoms with van der Waals surface area (Å²) in [5.41, 5.74) is 3.93. The quantitative estimate of drug-likeness (QED) is 0.503. The number of rotatable bonds is 5. The standard InChI is InChI=1S/C12H15BrN4S/c1-17-7-9(6-15-17)11(16-14)8-18-12-5-3-2-4-10(12)13/h2-7,11,16H,8,14H2,1H3. The highest BCUT2D eigenvalue weighted by atomic mass is 79.9. The van der Waals surface area contributed by atoms with E-state index in [2.05, 4.69) is 32.5 Å². The van der Waals surface area contributed by atoms with E-state index in [1.807, 2.05) is 37.6 Å². The molecular weight excluding hydrogens is 312 g/mol. The molecule has 1 aromatic heterocycles. The number of nitrogens with two attached hydrogens (primary N) is 1. The Morgan fingerprint density at radius 1 is 1.50 bits per heavy atom. The summed E-state index contributed by atoms with van der Waals surface area (Å²) in [7, 11) is 1.90. The number of hydrogen-bond donors (Lipinski definition) is 2. The van der Waals surface area contributed by atoms with Gasteiger partial charge >= 0.3 is 0 Å². The highest BCUT2D eigenvalue weighted by Gasteiger charge is 2.12. The number of aryl methyl sites for hydroxylation is 1. The van der Waals surface area contributed by atoms with Gasteiger partial charge in [-0.3, -0.25) is 16.0 Å². The predicted molar refractivity (Wildman–Crippen MR) is 78.1 cm³/mol. The zero-order valence-corrected chi connectivity index (χ0v) is 12.4. The van der Waals surface area contributed by atoms with E-state index >= 15 is 0 Å². The Labute approximate surface area is 119 Å². The Kier molecular flexibility index (Phi) is 4.82. The van der Waals surface area contributed by atoms with E-state index < -0.39 is 0 Å². The molecule has 3 N–H and O–H groups in total. The molecule has 1 atom stereocenters. The molecule has 2 aromatic rings. The average molecular weight is 327 g/mol. The SMILES string of the molecule is Cn1cc(C(CSc2ccccc2Br)NN)cn1. The first-order valence-corrected chi connectivity index (χ1v) is 7.30. The maximum absolute atomic E-state index is 5.60. The Morgan fingerprint density at radius 3 is 2.89 bits per heavy atom. The second-order valence-electron chi connectivity index (χ2n) is 3.91. The third-order valence-electron chi connectivity index (χ3n) is 2.57. The molecule has 0 fully saturated rings. The van der Waals surface area contributed by atoms with Gasteiger partial charge in [0.15, 0.2) is 0 Å². The van der Waals surface area contributed by atoms with Crippen LogP contribution in [0.2, 0.25) is 0 Å². The summed E-state index contributed by atoms with van der Waals surface area (Å²) >= 11 is 5.30. The third-order valence-corrected chi connectivity index (χ3v) is 4.69. The summed E-state index contributed by atoms with van der Waals surface area (Å²) in [5, 5.41) is 4.16. The highest BCUT2D eigenvalue weighted by molar-refractivity contribution is 9.10. The molecule has 1 aromatic carbocycles. The number of benzene rings is 1. The van der Waals surface area contributed by atoms with E-state index in [0.29, 0.717) is 0 Å². The Morgan fingerprint density at radius 2 is 2.28 bits per heavy atom. The fraction of sp³-hybridized carbons (Fsp3) is 0.250. The van der Waals surface area contributed by atoms with Crippen LogP contribution >= 0.6 is 27.7 Å². The molecule has 96 valence electrons. The first-order valence-electron chi connectivity index (χ1n) is 5.52. The fourth-order valence-electron chi connectivity index (χ4n) is 1.60. The van der Waals surface area contributed by atoms with Gasteiger partial charge < -0.3 is 0 Å².